The molecule has 1 amide bonds. The maximum atomic E-state index is 12.5. The van der Waals surface area contributed by atoms with Crippen molar-refractivity contribution < 1.29 is 27.4 Å². The van der Waals surface area contributed by atoms with Crippen LogP contribution in [0.5, 0.6) is 17.2 Å². The van der Waals surface area contributed by atoms with Crippen LogP contribution in [0, 0.1) is 0 Å². The third-order valence-electron chi connectivity index (χ3n) is 3.85. The van der Waals surface area contributed by atoms with Gasteiger partial charge in [0.2, 0.25) is 5.75 Å². The summed E-state index contributed by atoms with van der Waals surface area (Å²) in [5.74, 6) is 0.752. The molecule has 0 unspecified atom stereocenters. The van der Waals surface area contributed by atoms with E-state index >= 15 is 0 Å². The second-order valence-electron chi connectivity index (χ2n) is 5.77. The minimum atomic E-state index is -3.10. The van der Waals surface area contributed by atoms with E-state index < -0.39 is 15.4 Å². The number of amides is 1. The molecule has 1 heterocycles. The average molecular weight is 343 g/mol. The predicted octanol–water partition coefficient (Wildman–Crippen LogP) is 1.02. The monoisotopic (exact) mass is 343 g/mol. The first kappa shape index (κ1) is 17.4. The number of methoxy groups -OCH3 is 3. The highest BCUT2D eigenvalue weighted by molar-refractivity contribution is 7.91. The summed E-state index contributed by atoms with van der Waals surface area (Å²) in [5.41, 5.74) is -0.457. The molecule has 1 aromatic rings. The van der Waals surface area contributed by atoms with E-state index in [1.54, 1.807) is 6.92 Å². The first-order chi connectivity index (χ1) is 10.7. The van der Waals surface area contributed by atoms with Gasteiger partial charge in [-0.3, -0.25) is 4.79 Å². The van der Waals surface area contributed by atoms with Gasteiger partial charge in [0.15, 0.2) is 21.3 Å². The van der Waals surface area contributed by atoms with Crippen molar-refractivity contribution in [1.82, 2.24) is 5.32 Å². The third kappa shape index (κ3) is 3.69. The van der Waals surface area contributed by atoms with E-state index in [0.717, 1.165) is 0 Å². The number of hydrogen-bond acceptors (Lipinski definition) is 6. The zero-order valence-corrected chi connectivity index (χ0v) is 14.5. The summed E-state index contributed by atoms with van der Waals surface area (Å²) in [5, 5.41) is 2.80. The molecule has 2 rings (SSSR count). The first-order valence-corrected chi connectivity index (χ1v) is 8.89. The Morgan fingerprint density at radius 3 is 2.09 bits per heavy atom. The number of rotatable bonds is 5. The Morgan fingerprint density at radius 2 is 1.70 bits per heavy atom. The molecular formula is C15H21NO6S. The van der Waals surface area contributed by atoms with Gasteiger partial charge in [-0.1, -0.05) is 0 Å². The van der Waals surface area contributed by atoms with Crippen LogP contribution in [0.3, 0.4) is 0 Å². The minimum absolute atomic E-state index is 0.0594. The Kier molecular flexibility index (Phi) is 4.74. The standard InChI is InChI=1S/C15H21NO6S/c1-15(5-6-23(18,19)9-15)16-14(17)10-7-11(20-2)13(22-4)12(8-10)21-3/h7-8H,5-6,9H2,1-4H3,(H,16,17)/t15-/m1/s1. The lowest BCUT2D eigenvalue weighted by Crippen LogP contribution is -2.46. The number of ether oxygens (including phenoxy) is 3. The van der Waals surface area contributed by atoms with Crippen molar-refractivity contribution in [2.24, 2.45) is 0 Å². The molecule has 0 aliphatic carbocycles. The van der Waals surface area contributed by atoms with Gasteiger partial charge in [0.25, 0.3) is 5.91 Å². The highest BCUT2D eigenvalue weighted by atomic mass is 32.2. The molecule has 0 aromatic heterocycles. The average Bonchev–Trinajstić information content (AvgIpc) is 2.78. The van der Waals surface area contributed by atoms with Crippen LogP contribution in [0.25, 0.3) is 0 Å². The summed E-state index contributed by atoms with van der Waals surface area (Å²) in [6.07, 6.45) is 0.394. The minimum Gasteiger partial charge on any atom is -0.493 e. The van der Waals surface area contributed by atoms with Gasteiger partial charge in [0.05, 0.1) is 38.4 Å². The molecule has 1 aromatic carbocycles. The summed E-state index contributed by atoms with van der Waals surface area (Å²) >= 11 is 0. The van der Waals surface area contributed by atoms with Crippen LogP contribution in [0.15, 0.2) is 12.1 Å². The molecule has 128 valence electrons. The van der Waals surface area contributed by atoms with E-state index in [4.69, 9.17) is 14.2 Å². The molecule has 7 nitrogen and oxygen atoms in total. The van der Waals surface area contributed by atoms with Crippen LogP contribution in [0.4, 0.5) is 0 Å². The molecule has 1 atom stereocenters. The van der Waals surface area contributed by atoms with E-state index in [0.29, 0.717) is 29.2 Å². The summed E-state index contributed by atoms with van der Waals surface area (Å²) in [6.45, 7) is 1.73. The third-order valence-corrected chi connectivity index (χ3v) is 5.75. The first-order valence-electron chi connectivity index (χ1n) is 7.06. The van der Waals surface area contributed by atoms with Crippen LogP contribution < -0.4 is 19.5 Å². The molecule has 0 saturated carbocycles. The molecule has 0 bridgehead atoms. The van der Waals surface area contributed by atoms with Crippen LogP contribution in [0.2, 0.25) is 0 Å². The normalized spacial score (nSPS) is 22.4. The smallest absolute Gasteiger partial charge is 0.252 e. The molecule has 0 spiro atoms. The maximum absolute atomic E-state index is 12.5. The lowest BCUT2D eigenvalue weighted by Gasteiger charge is -2.24. The number of nitrogens with one attached hydrogen (secondary N) is 1. The second kappa shape index (κ2) is 6.27. The van der Waals surface area contributed by atoms with Crippen molar-refractivity contribution in [2.45, 2.75) is 18.9 Å². The summed E-state index contributed by atoms with van der Waals surface area (Å²) in [7, 11) is 1.30. The highest BCUT2D eigenvalue weighted by Crippen LogP contribution is 2.38. The summed E-state index contributed by atoms with van der Waals surface area (Å²) < 4.78 is 38.9. The lowest BCUT2D eigenvalue weighted by atomic mass is 10.0. The SMILES string of the molecule is COc1cc(C(=O)N[C@]2(C)CCS(=O)(=O)C2)cc(OC)c1OC. The van der Waals surface area contributed by atoms with Gasteiger partial charge in [0, 0.05) is 5.56 Å². The van der Waals surface area contributed by atoms with Gasteiger partial charge in [-0.15, -0.1) is 0 Å². The predicted molar refractivity (Wildman–Crippen MR) is 85.2 cm³/mol. The molecule has 0 radical (unpaired) electrons. The van der Waals surface area contributed by atoms with E-state index in [9.17, 15) is 13.2 Å². The van der Waals surface area contributed by atoms with Gasteiger partial charge >= 0.3 is 0 Å². The topological polar surface area (TPSA) is 90.9 Å². The van der Waals surface area contributed by atoms with Crippen molar-refractivity contribution in [2.75, 3.05) is 32.8 Å². The molecule has 1 aliphatic heterocycles. The van der Waals surface area contributed by atoms with E-state index in [-0.39, 0.29) is 17.4 Å². The van der Waals surface area contributed by atoms with Crippen LogP contribution in [-0.2, 0) is 9.84 Å². The van der Waals surface area contributed by atoms with Crippen LogP contribution in [0.1, 0.15) is 23.7 Å². The summed E-state index contributed by atoms with van der Waals surface area (Å²) in [6, 6.07) is 3.06. The zero-order valence-electron chi connectivity index (χ0n) is 13.6. The van der Waals surface area contributed by atoms with Gasteiger partial charge in [-0.05, 0) is 25.5 Å². The molecule has 8 heteroatoms. The van der Waals surface area contributed by atoms with Gasteiger partial charge < -0.3 is 19.5 Å². The fraction of sp³-hybridized carbons (Fsp3) is 0.533. The van der Waals surface area contributed by atoms with E-state index in [2.05, 4.69) is 5.32 Å². The largest absolute Gasteiger partial charge is 0.493 e. The molecule has 1 fully saturated rings. The number of hydrogen-bond donors (Lipinski definition) is 1. The second-order valence-corrected chi connectivity index (χ2v) is 7.95. The molecule has 1 aliphatic rings. The Balaban J connectivity index is 2.29. The van der Waals surface area contributed by atoms with Gasteiger partial charge in [-0.2, -0.15) is 0 Å². The Labute approximate surface area is 135 Å². The van der Waals surface area contributed by atoms with Gasteiger partial charge in [-0.25, -0.2) is 8.42 Å². The molecule has 1 N–H and O–H groups in total. The number of carbonyl (C=O) groups is 1. The molecule has 1 saturated heterocycles. The van der Waals surface area contributed by atoms with Crippen LogP contribution >= 0.6 is 0 Å². The van der Waals surface area contributed by atoms with Crippen molar-refractivity contribution in [3.63, 3.8) is 0 Å². The lowest BCUT2D eigenvalue weighted by molar-refractivity contribution is 0.0914. The summed E-state index contributed by atoms with van der Waals surface area (Å²) in [4.78, 5) is 12.5. The van der Waals surface area contributed by atoms with Crippen molar-refractivity contribution in [3.8, 4) is 17.2 Å². The number of carbonyl (C=O) groups excluding carboxylic acids is 1. The highest BCUT2D eigenvalue weighted by Gasteiger charge is 2.39. The van der Waals surface area contributed by atoms with Gasteiger partial charge in [0.1, 0.15) is 0 Å². The quantitative estimate of drug-likeness (QED) is 0.858. The Hall–Kier alpha value is -1.96. The fourth-order valence-corrected chi connectivity index (χ4v) is 4.76. The maximum Gasteiger partial charge on any atom is 0.252 e. The zero-order chi connectivity index (χ0) is 17.3. The fourth-order valence-electron chi connectivity index (χ4n) is 2.67. The van der Waals surface area contributed by atoms with Crippen molar-refractivity contribution in [3.05, 3.63) is 17.7 Å². The van der Waals surface area contributed by atoms with Crippen LogP contribution in [-0.4, -0.2) is 52.7 Å². The van der Waals surface area contributed by atoms with Crippen molar-refractivity contribution in [1.29, 1.82) is 0 Å². The van der Waals surface area contributed by atoms with E-state index in [1.807, 2.05) is 0 Å². The molecular weight excluding hydrogens is 322 g/mol. The van der Waals surface area contributed by atoms with Crippen molar-refractivity contribution >= 4 is 15.7 Å². The number of benzene rings is 1. The Morgan fingerprint density at radius 1 is 1.13 bits per heavy atom. The molecule has 23 heavy (non-hydrogen) atoms. The Bertz CT molecular complexity index is 690. The van der Waals surface area contributed by atoms with E-state index in [1.165, 1.54) is 33.5 Å². The number of sulfone groups is 1.